The third-order valence-electron chi connectivity index (χ3n) is 5.73. The maximum atomic E-state index is 13.5. The molecule has 3 N–H and O–H groups in total. The summed E-state index contributed by atoms with van der Waals surface area (Å²) in [6.07, 6.45) is 1.97. The van der Waals surface area contributed by atoms with Crippen molar-refractivity contribution in [3.63, 3.8) is 0 Å². The maximum absolute atomic E-state index is 13.5. The van der Waals surface area contributed by atoms with Crippen molar-refractivity contribution in [3.8, 4) is 11.3 Å². The number of hydrogen-bond donors (Lipinski definition) is 2. The lowest BCUT2D eigenvalue weighted by atomic mass is 9.92. The van der Waals surface area contributed by atoms with E-state index < -0.39 is 26.8 Å². The van der Waals surface area contributed by atoms with E-state index in [9.17, 15) is 22.4 Å². The van der Waals surface area contributed by atoms with Crippen LogP contribution in [0.3, 0.4) is 0 Å². The summed E-state index contributed by atoms with van der Waals surface area (Å²) in [5.41, 5.74) is 6.96. The van der Waals surface area contributed by atoms with Crippen molar-refractivity contribution in [2.24, 2.45) is 5.73 Å². The Hall–Kier alpha value is -2.66. The Morgan fingerprint density at radius 3 is 2.61 bits per heavy atom. The number of urea groups is 1. The molecule has 1 saturated carbocycles. The van der Waals surface area contributed by atoms with Crippen LogP contribution in [0.4, 0.5) is 9.18 Å². The molecule has 0 radical (unpaired) electrons. The van der Waals surface area contributed by atoms with Crippen molar-refractivity contribution in [2.45, 2.75) is 37.2 Å². The number of halogens is 2. The molecule has 1 aromatic heterocycles. The van der Waals surface area contributed by atoms with Crippen LogP contribution in [-0.4, -0.2) is 59.1 Å². The van der Waals surface area contributed by atoms with Gasteiger partial charge in [-0.25, -0.2) is 17.6 Å². The molecule has 166 valence electrons. The van der Waals surface area contributed by atoms with E-state index in [-0.39, 0.29) is 34.9 Å². The van der Waals surface area contributed by atoms with Gasteiger partial charge in [0.15, 0.2) is 0 Å². The number of aromatic nitrogens is 2. The third-order valence-corrected chi connectivity index (χ3v) is 7.62. The Bertz CT molecular complexity index is 1180. The van der Waals surface area contributed by atoms with Gasteiger partial charge in [-0.05, 0) is 31.0 Å². The Morgan fingerprint density at radius 1 is 1.29 bits per heavy atom. The van der Waals surface area contributed by atoms with Crippen LogP contribution in [-0.2, 0) is 22.9 Å². The average molecular weight is 470 g/mol. The molecular weight excluding hydrogens is 449 g/mol. The molecule has 0 bridgehead atoms. The number of rotatable bonds is 4. The van der Waals surface area contributed by atoms with Gasteiger partial charge in [0, 0.05) is 24.4 Å². The Morgan fingerprint density at radius 2 is 2.00 bits per heavy atom. The minimum Gasteiger partial charge on any atom is -0.365 e. The Kier molecular flexibility index (Phi) is 5.42. The fourth-order valence-corrected chi connectivity index (χ4v) is 5.24. The molecule has 1 fully saturated rings. The number of nitrogens with one attached hydrogen (secondary N) is 1. The first-order valence-electron chi connectivity index (χ1n) is 9.63. The van der Waals surface area contributed by atoms with Crippen LogP contribution in [0.15, 0.2) is 18.2 Å². The van der Waals surface area contributed by atoms with Crippen LogP contribution in [0.25, 0.3) is 11.3 Å². The minimum absolute atomic E-state index is 0.104. The highest BCUT2D eigenvalue weighted by atomic mass is 35.5. The molecule has 0 atom stereocenters. The second-order valence-electron chi connectivity index (χ2n) is 7.88. The van der Waals surface area contributed by atoms with Gasteiger partial charge < -0.3 is 16.0 Å². The normalized spacial score (nSPS) is 20.7. The average Bonchev–Trinajstić information content (AvgIpc) is 3.04. The van der Waals surface area contributed by atoms with Gasteiger partial charge in [0.25, 0.3) is 5.91 Å². The summed E-state index contributed by atoms with van der Waals surface area (Å²) in [4.78, 5) is 26.4. The molecular formula is C19H21ClFN5O4S. The Balaban J connectivity index is 1.53. The predicted octanol–water partition coefficient (Wildman–Crippen LogP) is 1.54. The van der Waals surface area contributed by atoms with Gasteiger partial charge in [0.2, 0.25) is 0 Å². The highest BCUT2D eigenvalue weighted by Gasteiger charge is 2.38. The van der Waals surface area contributed by atoms with E-state index in [1.165, 1.54) is 29.4 Å². The third kappa shape index (κ3) is 4.11. The molecule has 2 heterocycles. The van der Waals surface area contributed by atoms with Gasteiger partial charge in [0.1, 0.15) is 21.3 Å². The zero-order chi connectivity index (χ0) is 22.5. The highest BCUT2D eigenvalue weighted by molar-refractivity contribution is 7.91. The van der Waals surface area contributed by atoms with Crippen LogP contribution in [0.1, 0.15) is 28.9 Å². The minimum atomic E-state index is -3.10. The maximum Gasteiger partial charge on any atom is 0.318 e. The van der Waals surface area contributed by atoms with E-state index in [1.807, 2.05) is 0 Å². The molecule has 2 aliphatic rings. The first kappa shape index (κ1) is 21.6. The number of fused-ring (bicyclic) bond motifs is 1. The summed E-state index contributed by atoms with van der Waals surface area (Å²) in [5.74, 6) is -1.30. The molecule has 1 aromatic carbocycles. The van der Waals surface area contributed by atoms with Crippen molar-refractivity contribution >= 4 is 33.4 Å². The number of primary amides is 1. The van der Waals surface area contributed by atoms with Crippen LogP contribution < -0.4 is 11.1 Å². The lowest BCUT2D eigenvalue weighted by molar-refractivity contribution is 0.0997. The quantitative estimate of drug-likeness (QED) is 0.702. The monoisotopic (exact) mass is 469 g/mol. The van der Waals surface area contributed by atoms with E-state index >= 15 is 0 Å². The van der Waals surface area contributed by atoms with Crippen molar-refractivity contribution in [1.82, 2.24) is 20.0 Å². The lowest BCUT2D eigenvalue weighted by Crippen LogP contribution is -2.54. The molecule has 0 saturated heterocycles. The van der Waals surface area contributed by atoms with Crippen LogP contribution in [0, 0.1) is 5.82 Å². The summed E-state index contributed by atoms with van der Waals surface area (Å²) in [6, 6.07) is 3.47. The summed E-state index contributed by atoms with van der Waals surface area (Å²) in [7, 11) is -3.10. The van der Waals surface area contributed by atoms with Crippen molar-refractivity contribution in [1.29, 1.82) is 0 Å². The molecule has 4 rings (SSSR count). The molecule has 1 aliphatic carbocycles. The zero-order valence-corrected chi connectivity index (χ0v) is 18.2. The Labute approximate surface area is 183 Å². The number of carbonyl (C=O) groups excluding carboxylic acids is 2. The van der Waals surface area contributed by atoms with E-state index in [0.29, 0.717) is 37.2 Å². The first-order chi connectivity index (χ1) is 14.5. The molecule has 1 aliphatic heterocycles. The molecule has 2 aromatic rings. The topological polar surface area (TPSA) is 127 Å². The number of benzene rings is 1. The van der Waals surface area contributed by atoms with Crippen molar-refractivity contribution in [2.75, 3.05) is 12.8 Å². The van der Waals surface area contributed by atoms with Gasteiger partial charge in [-0.3, -0.25) is 9.48 Å². The van der Waals surface area contributed by atoms with Gasteiger partial charge in [-0.1, -0.05) is 11.6 Å². The van der Waals surface area contributed by atoms with E-state index in [4.69, 9.17) is 17.3 Å². The SMILES string of the molecule is CS(=O)(=O)[C@H]1C[C@H](NC(=O)N2CCn3nc(-c4ccc(F)c(Cl)c4)c(C(N)=O)c3C2)C1. The standard InChI is InChI=1S/C19H21ClFN5O4S/c1-31(29,30)12-7-11(8-12)23-19(28)25-4-5-26-15(9-25)16(18(22)27)17(24-26)10-2-3-14(21)13(20)6-10/h2-3,6,11-12H,4-5,7-9H2,1H3,(H2,22,27)(H,23,28)/t11-,12-. The van der Waals surface area contributed by atoms with Crippen molar-refractivity contribution in [3.05, 3.63) is 40.3 Å². The van der Waals surface area contributed by atoms with E-state index in [0.717, 1.165) is 0 Å². The van der Waals surface area contributed by atoms with Crippen LogP contribution in [0.2, 0.25) is 5.02 Å². The molecule has 31 heavy (non-hydrogen) atoms. The second kappa shape index (κ2) is 7.79. The first-order valence-corrected chi connectivity index (χ1v) is 12.0. The summed E-state index contributed by atoms with van der Waals surface area (Å²) in [5, 5.41) is 6.75. The number of sulfone groups is 1. The molecule has 0 spiro atoms. The predicted molar refractivity (Wildman–Crippen MR) is 112 cm³/mol. The fraction of sp³-hybridized carbons (Fsp3) is 0.421. The summed E-state index contributed by atoms with van der Waals surface area (Å²) in [6.45, 7) is 0.799. The highest BCUT2D eigenvalue weighted by Crippen LogP contribution is 2.31. The largest absolute Gasteiger partial charge is 0.365 e. The molecule has 0 unspecified atom stereocenters. The zero-order valence-electron chi connectivity index (χ0n) is 16.6. The number of carbonyl (C=O) groups is 2. The van der Waals surface area contributed by atoms with Gasteiger partial charge >= 0.3 is 6.03 Å². The number of nitrogens with zero attached hydrogens (tertiary/aromatic N) is 3. The number of hydrogen-bond acceptors (Lipinski definition) is 5. The summed E-state index contributed by atoms with van der Waals surface area (Å²) >= 11 is 5.87. The van der Waals surface area contributed by atoms with E-state index in [2.05, 4.69) is 10.4 Å². The second-order valence-corrected chi connectivity index (χ2v) is 10.6. The molecule has 12 heteroatoms. The molecule has 3 amide bonds. The van der Waals surface area contributed by atoms with Crippen LogP contribution >= 0.6 is 11.6 Å². The number of nitrogens with two attached hydrogens (primary N) is 1. The van der Waals surface area contributed by atoms with Crippen LogP contribution in [0.5, 0.6) is 0 Å². The fourth-order valence-electron chi connectivity index (χ4n) is 3.89. The smallest absolute Gasteiger partial charge is 0.318 e. The van der Waals surface area contributed by atoms with E-state index in [1.54, 1.807) is 4.68 Å². The van der Waals surface area contributed by atoms with Gasteiger partial charge in [0.05, 0.1) is 34.6 Å². The van der Waals surface area contributed by atoms with Gasteiger partial charge in [-0.15, -0.1) is 0 Å². The molecule has 9 nitrogen and oxygen atoms in total. The summed E-state index contributed by atoms with van der Waals surface area (Å²) < 4.78 is 38.2. The van der Waals surface area contributed by atoms with Gasteiger partial charge in [-0.2, -0.15) is 5.10 Å². The van der Waals surface area contributed by atoms with Crippen molar-refractivity contribution < 1.29 is 22.4 Å². The lowest BCUT2D eigenvalue weighted by Gasteiger charge is -2.37. The number of amides is 3.